The summed E-state index contributed by atoms with van der Waals surface area (Å²) in [6.07, 6.45) is 9.48. The van der Waals surface area contributed by atoms with Crippen LogP contribution in [0.5, 0.6) is 0 Å². The van der Waals surface area contributed by atoms with Crippen LogP contribution < -0.4 is 15.8 Å². The van der Waals surface area contributed by atoms with Crippen molar-refractivity contribution in [3.63, 3.8) is 0 Å². The minimum absolute atomic E-state index is 0.0347. The third-order valence-corrected chi connectivity index (χ3v) is 9.24. The van der Waals surface area contributed by atoms with Gasteiger partial charge in [-0.3, -0.25) is 9.36 Å². The van der Waals surface area contributed by atoms with Crippen molar-refractivity contribution < 1.29 is 0 Å². The Bertz CT molecular complexity index is 1720. The van der Waals surface area contributed by atoms with Crippen LogP contribution in [0.4, 0.5) is 5.95 Å². The number of pyridine rings is 1. The van der Waals surface area contributed by atoms with Crippen molar-refractivity contribution in [3.8, 4) is 22.3 Å². The Morgan fingerprint density at radius 2 is 1.42 bits per heavy atom. The standard InChI is InChI=1S/C37H39N5O/c43-35-25-33(30-17-15-29(16-18-30)28-11-5-2-6-12-28)34-26-39-37(40-36(34)42(35)32-13-7-8-14-32)41-23-20-31(21-24-41)38-22-19-27-9-3-1-4-10-27/h1-6,9-12,15-18,25-26,31-32,38H,7-8,13-14,19-24H2. The Hall–Kier alpha value is -4.29. The van der Waals surface area contributed by atoms with Crippen LogP contribution in [0.2, 0.25) is 0 Å². The van der Waals surface area contributed by atoms with Gasteiger partial charge in [0.05, 0.1) is 0 Å². The van der Waals surface area contributed by atoms with E-state index in [1.165, 1.54) is 11.1 Å². The van der Waals surface area contributed by atoms with Crippen LogP contribution in [0.3, 0.4) is 0 Å². The molecule has 1 N–H and O–H groups in total. The number of benzene rings is 3. The minimum Gasteiger partial charge on any atom is -0.341 e. The average molecular weight is 570 g/mol. The van der Waals surface area contributed by atoms with E-state index in [0.29, 0.717) is 6.04 Å². The smallest absolute Gasteiger partial charge is 0.253 e. The first kappa shape index (κ1) is 27.5. The van der Waals surface area contributed by atoms with Gasteiger partial charge in [0, 0.05) is 42.8 Å². The summed E-state index contributed by atoms with van der Waals surface area (Å²) < 4.78 is 1.97. The lowest BCUT2D eigenvalue weighted by molar-refractivity contribution is 0.415. The van der Waals surface area contributed by atoms with Crippen LogP contribution in [0, 0.1) is 0 Å². The Labute approximate surface area is 253 Å². The topological polar surface area (TPSA) is 63.1 Å². The van der Waals surface area contributed by atoms with Crippen molar-refractivity contribution in [2.24, 2.45) is 0 Å². The van der Waals surface area contributed by atoms with Gasteiger partial charge in [-0.25, -0.2) is 4.98 Å². The molecule has 0 amide bonds. The Kier molecular flexibility index (Phi) is 8.02. The molecule has 0 bridgehead atoms. The molecule has 43 heavy (non-hydrogen) atoms. The Balaban J connectivity index is 1.14. The molecule has 3 heterocycles. The van der Waals surface area contributed by atoms with Gasteiger partial charge in [0.1, 0.15) is 5.65 Å². The molecule has 1 aliphatic heterocycles. The lowest BCUT2D eigenvalue weighted by Gasteiger charge is -2.32. The number of aromatic nitrogens is 3. The number of piperidine rings is 1. The monoisotopic (exact) mass is 569 g/mol. The molecule has 6 nitrogen and oxygen atoms in total. The van der Waals surface area contributed by atoms with Gasteiger partial charge in [-0.15, -0.1) is 0 Å². The summed E-state index contributed by atoms with van der Waals surface area (Å²) in [5, 5.41) is 4.70. The van der Waals surface area contributed by atoms with Gasteiger partial charge in [-0.05, 0) is 66.5 Å². The predicted molar refractivity (Wildman–Crippen MR) is 176 cm³/mol. The van der Waals surface area contributed by atoms with Gasteiger partial charge in [0.2, 0.25) is 5.95 Å². The van der Waals surface area contributed by atoms with E-state index in [0.717, 1.165) is 98.3 Å². The first-order chi connectivity index (χ1) is 21.2. The van der Waals surface area contributed by atoms with Crippen molar-refractivity contribution in [2.75, 3.05) is 24.5 Å². The van der Waals surface area contributed by atoms with E-state index in [9.17, 15) is 4.79 Å². The summed E-state index contributed by atoms with van der Waals surface area (Å²) in [5.74, 6) is 0.734. The van der Waals surface area contributed by atoms with E-state index in [4.69, 9.17) is 9.97 Å². The zero-order valence-electron chi connectivity index (χ0n) is 24.7. The zero-order chi connectivity index (χ0) is 29.0. The van der Waals surface area contributed by atoms with Crippen LogP contribution in [0.15, 0.2) is 102 Å². The molecule has 1 saturated heterocycles. The molecule has 7 rings (SSSR count). The molecule has 6 heteroatoms. The van der Waals surface area contributed by atoms with Gasteiger partial charge in [0.25, 0.3) is 5.56 Å². The predicted octanol–water partition coefficient (Wildman–Crippen LogP) is 7.04. The summed E-state index contributed by atoms with van der Waals surface area (Å²) in [5.41, 5.74) is 6.43. The van der Waals surface area contributed by atoms with Crippen molar-refractivity contribution >= 4 is 17.0 Å². The summed E-state index contributed by atoms with van der Waals surface area (Å²) >= 11 is 0. The molecule has 2 aliphatic rings. The quantitative estimate of drug-likeness (QED) is 0.217. The van der Waals surface area contributed by atoms with Crippen LogP contribution in [0.25, 0.3) is 33.3 Å². The van der Waals surface area contributed by atoms with Crippen molar-refractivity contribution in [1.29, 1.82) is 0 Å². The molecule has 2 aromatic heterocycles. The normalized spacial score (nSPS) is 16.2. The molecule has 0 unspecified atom stereocenters. The molecule has 2 fully saturated rings. The fourth-order valence-electron chi connectivity index (χ4n) is 6.84. The van der Waals surface area contributed by atoms with Crippen LogP contribution in [-0.4, -0.2) is 40.2 Å². The highest BCUT2D eigenvalue weighted by molar-refractivity contribution is 5.93. The molecular formula is C37H39N5O. The Morgan fingerprint density at radius 1 is 0.767 bits per heavy atom. The zero-order valence-corrected chi connectivity index (χ0v) is 24.7. The van der Waals surface area contributed by atoms with Gasteiger partial charge >= 0.3 is 0 Å². The molecule has 218 valence electrons. The number of hydrogen-bond donors (Lipinski definition) is 1. The van der Waals surface area contributed by atoms with Crippen molar-refractivity contribution in [3.05, 3.63) is 113 Å². The first-order valence-electron chi connectivity index (χ1n) is 15.8. The highest BCUT2D eigenvalue weighted by Gasteiger charge is 2.25. The molecule has 1 aliphatic carbocycles. The van der Waals surface area contributed by atoms with Gasteiger partial charge in [-0.1, -0.05) is 97.8 Å². The molecule has 5 aromatic rings. The van der Waals surface area contributed by atoms with Gasteiger partial charge < -0.3 is 10.2 Å². The van der Waals surface area contributed by atoms with E-state index in [1.54, 1.807) is 6.07 Å². The molecular weight excluding hydrogens is 530 g/mol. The van der Waals surface area contributed by atoms with Gasteiger partial charge in [-0.2, -0.15) is 4.98 Å². The maximum atomic E-state index is 13.7. The number of rotatable bonds is 8. The second-order valence-corrected chi connectivity index (χ2v) is 12.0. The second kappa shape index (κ2) is 12.5. The highest BCUT2D eigenvalue weighted by atomic mass is 16.1. The fraction of sp³-hybridized carbons (Fsp3) is 0.324. The lowest BCUT2D eigenvalue weighted by Crippen LogP contribution is -2.43. The average Bonchev–Trinajstić information content (AvgIpc) is 3.60. The van der Waals surface area contributed by atoms with Gasteiger partial charge in [0.15, 0.2) is 0 Å². The summed E-state index contributed by atoms with van der Waals surface area (Å²) in [6, 6.07) is 32.0. The van der Waals surface area contributed by atoms with E-state index in [2.05, 4.69) is 89.1 Å². The maximum absolute atomic E-state index is 13.7. The van der Waals surface area contributed by atoms with E-state index in [1.807, 2.05) is 16.8 Å². The van der Waals surface area contributed by atoms with E-state index < -0.39 is 0 Å². The molecule has 0 spiro atoms. The van der Waals surface area contributed by atoms with Crippen LogP contribution in [0.1, 0.15) is 50.1 Å². The largest absolute Gasteiger partial charge is 0.341 e. The summed E-state index contributed by atoms with van der Waals surface area (Å²) in [7, 11) is 0. The number of fused-ring (bicyclic) bond motifs is 1. The minimum atomic E-state index is 0.0347. The fourth-order valence-corrected chi connectivity index (χ4v) is 6.84. The summed E-state index contributed by atoms with van der Waals surface area (Å²) in [4.78, 5) is 26.0. The summed E-state index contributed by atoms with van der Waals surface area (Å²) in [6.45, 7) is 2.80. The van der Waals surface area contributed by atoms with Crippen LogP contribution in [-0.2, 0) is 6.42 Å². The molecule has 3 aromatic carbocycles. The number of anilines is 1. The maximum Gasteiger partial charge on any atom is 0.253 e. The molecule has 0 atom stereocenters. The number of nitrogens with zero attached hydrogens (tertiary/aromatic N) is 4. The van der Waals surface area contributed by atoms with E-state index >= 15 is 0 Å². The Morgan fingerprint density at radius 3 is 2.14 bits per heavy atom. The van der Waals surface area contributed by atoms with E-state index in [-0.39, 0.29) is 11.6 Å². The third-order valence-electron chi connectivity index (χ3n) is 9.24. The van der Waals surface area contributed by atoms with Crippen molar-refractivity contribution in [2.45, 2.75) is 57.0 Å². The second-order valence-electron chi connectivity index (χ2n) is 12.0. The molecule has 0 radical (unpaired) electrons. The number of hydrogen-bond acceptors (Lipinski definition) is 5. The van der Waals surface area contributed by atoms with Crippen molar-refractivity contribution in [1.82, 2.24) is 19.9 Å². The SMILES string of the molecule is O=c1cc(-c2ccc(-c3ccccc3)cc2)c2cnc(N3CCC(NCCc4ccccc4)CC3)nc2n1C1CCCC1. The first-order valence-corrected chi connectivity index (χ1v) is 15.8. The third kappa shape index (κ3) is 5.98. The number of nitrogens with one attached hydrogen (secondary N) is 1. The highest BCUT2D eigenvalue weighted by Crippen LogP contribution is 2.34. The van der Waals surface area contributed by atoms with Crippen LogP contribution >= 0.6 is 0 Å². The lowest BCUT2D eigenvalue weighted by atomic mass is 9.99. The molecule has 1 saturated carbocycles.